The minimum atomic E-state index is -4.61. The number of ether oxygens (including phenoxy) is 1. The summed E-state index contributed by atoms with van der Waals surface area (Å²) in [5, 5.41) is 13.5. The van der Waals surface area contributed by atoms with Gasteiger partial charge in [0.1, 0.15) is 11.6 Å². The number of carbonyl (C=O) groups is 2. The van der Waals surface area contributed by atoms with Gasteiger partial charge in [-0.05, 0) is 54.6 Å². The maximum absolute atomic E-state index is 13.6. The first kappa shape index (κ1) is 28.9. The molecule has 0 unspecified atom stereocenters. The molecule has 0 aliphatic heterocycles. The Hall–Kier alpha value is -4.10. The lowest BCUT2D eigenvalue weighted by Crippen LogP contribution is -2.25. The summed E-state index contributed by atoms with van der Waals surface area (Å²) in [6, 6.07) is 14.6. The molecule has 8 nitrogen and oxygen atoms in total. The third-order valence-electron chi connectivity index (χ3n) is 5.44. The third-order valence-corrected chi connectivity index (χ3v) is 6.70. The number of benzene rings is 3. The van der Waals surface area contributed by atoms with Crippen molar-refractivity contribution in [1.82, 2.24) is 20.1 Å². The Morgan fingerprint density at radius 1 is 1.05 bits per heavy atom. The van der Waals surface area contributed by atoms with Crippen LogP contribution in [0.1, 0.15) is 21.7 Å². The second-order valence-corrected chi connectivity index (χ2v) is 9.47. The predicted molar refractivity (Wildman–Crippen MR) is 141 cm³/mol. The van der Waals surface area contributed by atoms with Gasteiger partial charge in [-0.1, -0.05) is 35.5 Å². The lowest BCUT2D eigenvalue weighted by atomic mass is 10.2. The number of methoxy groups -OCH3 is 1. The zero-order chi connectivity index (χ0) is 28.9. The van der Waals surface area contributed by atoms with Crippen molar-refractivity contribution in [3.63, 3.8) is 0 Å². The molecule has 208 valence electrons. The van der Waals surface area contributed by atoms with Crippen LogP contribution in [0.15, 0.2) is 71.9 Å². The van der Waals surface area contributed by atoms with Crippen LogP contribution < -0.4 is 15.4 Å². The van der Waals surface area contributed by atoms with Gasteiger partial charge in [0.05, 0.1) is 41.2 Å². The Kier molecular flexibility index (Phi) is 8.95. The maximum atomic E-state index is 13.6. The van der Waals surface area contributed by atoms with Crippen molar-refractivity contribution in [3.05, 3.63) is 94.5 Å². The predicted octanol–water partition coefficient (Wildman–Crippen LogP) is 5.75. The van der Waals surface area contributed by atoms with Crippen LogP contribution in [-0.2, 0) is 17.5 Å². The van der Waals surface area contributed by atoms with Crippen LogP contribution in [0.25, 0.3) is 5.69 Å². The molecule has 2 amide bonds. The maximum Gasteiger partial charge on any atom is 0.416 e. The molecule has 0 radical (unpaired) electrons. The normalized spacial score (nSPS) is 11.2. The summed E-state index contributed by atoms with van der Waals surface area (Å²) in [5.74, 6) is -1.17. The van der Waals surface area contributed by atoms with Gasteiger partial charge in [0.25, 0.3) is 5.91 Å². The molecule has 14 heteroatoms. The van der Waals surface area contributed by atoms with Crippen molar-refractivity contribution in [1.29, 1.82) is 0 Å². The summed E-state index contributed by atoms with van der Waals surface area (Å²) in [7, 11) is 1.44. The van der Waals surface area contributed by atoms with E-state index in [2.05, 4.69) is 20.8 Å². The van der Waals surface area contributed by atoms with Gasteiger partial charge in [-0.15, -0.1) is 10.2 Å². The van der Waals surface area contributed by atoms with Crippen molar-refractivity contribution < 1.29 is 31.9 Å². The molecule has 0 aliphatic carbocycles. The summed E-state index contributed by atoms with van der Waals surface area (Å²) in [4.78, 5) is 25.3. The van der Waals surface area contributed by atoms with Gasteiger partial charge in [-0.3, -0.25) is 14.2 Å². The van der Waals surface area contributed by atoms with E-state index in [0.717, 1.165) is 30.0 Å². The number of para-hydroxylation sites is 1. The third kappa shape index (κ3) is 6.90. The monoisotopic (exact) mass is 593 g/mol. The van der Waals surface area contributed by atoms with Crippen molar-refractivity contribution in [2.45, 2.75) is 17.9 Å². The molecule has 2 N–H and O–H groups in total. The van der Waals surface area contributed by atoms with E-state index in [9.17, 15) is 27.2 Å². The second-order valence-electron chi connectivity index (χ2n) is 8.12. The van der Waals surface area contributed by atoms with Crippen LogP contribution in [0, 0.1) is 5.82 Å². The van der Waals surface area contributed by atoms with Gasteiger partial charge in [-0.25, -0.2) is 4.39 Å². The number of aromatic nitrogens is 3. The number of nitrogens with one attached hydrogen (secondary N) is 2. The molecular formula is C26H20ClF4N5O3S. The summed E-state index contributed by atoms with van der Waals surface area (Å²) in [6.07, 6.45) is -4.61. The highest BCUT2D eigenvalue weighted by Gasteiger charge is 2.31. The molecule has 1 aromatic heterocycles. The van der Waals surface area contributed by atoms with Crippen molar-refractivity contribution in [2.75, 3.05) is 18.2 Å². The average molecular weight is 594 g/mol. The molecule has 40 heavy (non-hydrogen) atoms. The van der Waals surface area contributed by atoms with Crippen molar-refractivity contribution in [3.8, 4) is 11.4 Å². The van der Waals surface area contributed by atoms with Crippen LogP contribution >= 0.6 is 23.4 Å². The number of amides is 2. The van der Waals surface area contributed by atoms with Crippen LogP contribution in [0.2, 0.25) is 5.02 Å². The molecule has 0 spiro atoms. The zero-order valence-electron chi connectivity index (χ0n) is 20.6. The minimum Gasteiger partial charge on any atom is -0.496 e. The standard InChI is InChI=1S/C26H20ClF4N5O3S/c1-39-21-5-3-2-4-18(21)24(38)32-13-22-34-35-25(36(22)17-9-7-16(28)8-10-17)40-14-23(37)33-20-12-15(26(29,30)31)6-11-19(20)27/h2-12H,13-14H2,1H3,(H,32,38)(H,33,37). The summed E-state index contributed by atoms with van der Waals surface area (Å²) in [5.41, 5.74) is -0.397. The lowest BCUT2D eigenvalue weighted by Gasteiger charge is -2.13. The Labute approximate surface area is 234 Å². The highest BCUT2D eigenvalue weighted by Crippen LogP contribution is 2.34. The van der Waals surface area contributed by atoms with Crippen LogP contribution in [0.4, 0.5) is 23.2 Å². The fourth-order valence-corrected chi connectivity index (χ4v) is 4.49. The minimum absolute atomic E-state index is 0.0612. The number of hydrogen-bond donors (Lipinski definition) is 2. The van der Waals surface area contributed by atoms with Crippen LogP contribution in [0.3, 0.4) is 0 Å². The molecule has 0 atom stereocenters. The number of alkyl halides is 3. The average Bonchev–Trinajstić information content (AvgIpc) is 3.34. The van der Waals surface area contributed by atoms with Crippen LogP contribution in [-0.4, -0.2) is 39.4 Å². The van der Waals surface area contributed by atoms with Crippen molar-refractivity contribution >= 4 is 40.9 Å². The summed E-state index contributed by atoms with van der Waals surface area (Å²) < 4.78 is 59.5. The van der Waals surface area contributed by atoms with E-state index in [1.807, 2.05) is 0 Å². The molecule has 0 fully saturated rings. The fourth-order valence-electron chi connectivity index (χ4n) is 3.56. The number of rotatable bonds is 9. The zero-order valence-corrected chi connectivity index (χ0v) is 22.2. The number of carbonyl (C=O) groups excluding carboxylic acids is 2. The van der Waals surface area contributed by atoms with Gasteiger partial charge in [0.2, 0.25) is 5.91 Å². The summed E-state index contributed by atoms with van der Waals surface area (Å²) >= 11 is 6.90. The van der Waals surface area contributed by atoms with E-state index in [1.54, 1.807) is 24.3 Å². The van der Waals surface area contributed by atoms with Crippen molar-refractivity contribution in [2.24, 2.45) is 0 Å². The molecule has 4 aromatic rings. The molecular weight excluding hydrogens is 574 g/mol. The molecule has 0 saturated heterocycles. The van der Waals surface area contributed by atoms with E-state index >= 15 is 0 Å². The van der Waals surface area contributed by atoms with Gasteiger partial charge >= 0.3 is 6.18 Å². The molecule has 4 rings (SSSR count). The second kappa shape index (κ2) is 12.4. The Bertz CT molecular complexity index is 1530. The molecule has 0 bridgehead atoms. The summed E-state index contributed by atoms with van der Waals surface area (Å²) in [6.45, 7) is -0.0755. The van der Waals surface area contributed by atoms with E-state index < -0.39 is 29.4 Å². The highest BCUT2D eigenvalue weighted by atomic mass is 35.5. The molecule has 0 saturated carbocycles. The SMILES string of the molecule is COc1ccccc1C(=O)NCc1nnc(SCC(=O)Nc2cc(C(F)(F)F)ccc2Cl)n1-c1ccc(F)cc1. The molecule has 3 aromatic carbocycles. The fraction of sp³-hybridized carbons (Fsp3) is 0.154. The first-order chi connectivity index (χ1) is 19.1. The van der Waals surface area contributed by atoms with Gasteiger partial charge in [0.15, 0.2) is 11.0 Å². The number of anilines is 1. The topological polar surface area (TPSA) is 98.1 Å². The quantitative estimate of drug-likeness (QED) is 0.190. The first-order valence-electron chi connectivity index (χ1n) is 11.5. The number of hydrogen-bond acceptors (Lipinski definition) is 6. The largest absolute Gasteiger partial charge is 0.496 e. The number of halogens is 5. The van der Waals surface area contributed by atoms with E-state index in [0.29, 0.717) is 17.0 Å². The number of thioether (sulfide) groups is 1. The first-order valence-corrected chi connectivity index (χ1v) is 12.8. The van der Waals surface area contributed by atoms with Gasteiger partial charge in [0, 0.05) is 5.69 Å². The van der Waals surface area contributed by atoms with E-state index in [-0.39, 0.29) is 34.0 Å². The Morgan fingerprint density at radius 2 is 1.77 bits per heavy atom. The molecule has 1 heterocycles. The lowest BCUT2D eigenvalue weighted by molar-refractivity contribution is -0.137. The smallest absolute Gasteiger partial charge is 0.416 e. The highest BCUT2D eigenvalue weighted by molar-refractivity contribution is 7.99. The van der Waals surface area contributed by atoms with Gasteiger partial charge in [-0.2, -0.15) is 13.2 Å². The van der Waals surface area contributed by atoms with Crippen LogP contribution in [0.5, 0.6) is 5.75 Å². The van der Waals surface area contributed by atoms with E-state index in [1.165, 1.54) is 35.9 Å². The Balaban J connectivity index is 1.52. The number of nitrogens with zero attached hydrogens (tertiary/aromatic N) is 3. The van der Waals surface area contributed by atoms with Gasteiger partial charge < -0.3 is 15.4 Å². The van der Waals surface area contributed by atoms with E-state index in [4.69, 9.17) is 16.3 Å². The Morgan fingerprint density at radius 3 is 2.48 bits per heavy atom. The molecule has 0 aliphatic rings.